The van der Waals surface area contributed by atoms with Gasteiger partial charge in [0.2, 0.25) is 0 Å². The van der Waals surface area contributed by atoms with Crippen molar-refractivity contribution < 1.29 is 19.0 Å². The summed E-state index contributed by atoms with van der Waals surface area (Å²) in [4.78, 5) is 16.5. The molecule has 1 heterocycles. The molecule has 0 spiro atoms. The Bertz CT molecular complexity index is 738. The number of carbonyl (C=O) groups excluding carboxylic acids is 1. The van der Waals surface area contributed by atoms with E-state index in [0.29, 0.717) is 26.1 Å². The highest BCUT2D eigenvalue weighted by Gasteiger charge is 2.19. The normalized spacial score (nSPS) is 12.5. The summed E-state index contributed by atoms with van der Waals surface area (Å²) >= 11 is 1.62. The number of nitrogens with zero attached hydrogens (tertiary/aromatic N) is 1. The van der Waals surface area contributed by atoms with Gasteiger partial charge in [0.15, 0.2) is 0 Å². The molecule has 0 saturated carbocycles. The number of carbonyl (C=O) groups is 1. The second kappa shape index (κ2) is 10.4. The van der Waals surface area contributed by atoms with Crippen LogP contribution in [0.25, 0.3) is 0 Å². The highest BCUT2D eigenvalue weighted by Crippen LogP contribution is 2.17. The SMILES string of the molecule is COCC[C@H](Cc1ccc(OCc2csc(C)n2)cc1)NC(=O)OC(C)(C)C. The van der Waals surface area contributed by atoms with Crippen molar-refractivity contribution in [3.8, 4) is 5.75 Å². The molecule has 28 heavy (non-hydrogen) atoms. The van der Waals surface area contributed by atoms with E-state index in [1.807, 2.05) is 57.3 Å². The molecule has 0 fully saturated rings. The van der Waals surface area contributed by atoms with Crippen molar-refractivity contribution in [2.75, 3.05) is 13.7 Å². The highest BCUT2D eigenvalue weighted by atomic mass is 32.1. The van der Waals surface area contributed by atoms with Crippen LogP contribution >= 0.6 is 11.3 Å². The second-order valence-corrected chi connectivity index (χ2v) is 8.68. The summed E-state index contributed by atoms with van der Waals surface area (Å²) in [7, 11) is 1.65. The number of ether oxygens (including phenoxy) is 3. The van der Waals surface area contributed by atoms with Gasteiger partial charge in [0.25, 0.3) is 0 Å². The number of methoxy groups -OCH3 is 1. The summed E-state index contributed by atoms with van der Waals surface area (Å²) in [5.41, 5.74) is 1.52. The molecule has 154 valence electrons. The maximum absolute atomic E-state index is 12.1. The molecular formula is C21H30N2O4S. The van der Waals surface area contributed by atoms with Gasteiger partial charge in [-0.15, -0.1) is 11.3 Å². The first-order valence-corrected chi connectivity index (χ1v) is 10.2. The van der Waals surface area contributed by atoms with E-state index in [9.17, 15) is 4.79 Å². The fraction of sp³-hybridized carbons (Fsp3) is 0.524. The minimum absolute atomic E-state index is 0.0699. The third-order valence-electron chi connectivity index (χ3n) is 3.85. The molecule has 1 N–H and O–H groups in total. The lowest BCUT2D eigenvalue weighted by atomic mass is 10.0. The molecule has 1 aromatic carbocycles. The van der Waals surface area contributed by atoms with Crippen molar-refractivity contribution in [3.05, 3.63) is 45.9 Å². The lowest BCUT2D eigenvalue weighted by Crippen LogP contribution is -2.40. The van der Waals surface area contributed by atoms with Crippen molar-refractivity contribution in [1.82, 2.24) is 10.3 Å². The molecule has 1 amide bonds. The van der Waals surface area contributed by atoms with E-state index >= 15 is 0 Å². The summed E-state index contributed by atoms with van der Waals surface area (Å²) < 4.78 is 16.3. The number of hydrogen-bond acceptors (Lipinski definition) is 6. The molecule has 1 aromatic heterocycles. The molecule has 7 heteroatoms. The van der Waals surface area contributed by atoms with Crippen molar-refractivity contribution in [2.45, 2.75) is 58.8 Å². The standard InChI is InChI=1S/C21H30N2O4S/c1-15-22-18(14-28-15)13-26-19-8-6-16(7-9-19)12-17(10-11-25-5)23-20(24)27-21(2,3)4/h6-9,14,17H,10-13H2,1-5H3,(H,23,24)/t17-/m1/s1. The number of rotatable bonds is 9. The van der Waals surface area contributed by atoms with Gasteiger partial charge in [-0.25, -0.2) is 9.78 Å². The molecule has 0 saturated heterocycles. The third kappa shape index (κ3) is 8.27. The summed E-state index contributed by atoms with van der Waals surface area (Å²) in [6.45, 7) is 8.55. The van der Waals surface area contributed by atoms with Crippen LogP contribution < -0.4 is 10.1 Å². The van der Waals surface area contributed by atoms with Crippen molar-refractivity contribution >= 4 is 17.4 Å². The highest BCUT2D eigenvalue weighted by molar-refractivity contribution is 7.09. The van der Waals surface area contributed by atoms with E-state index in [4.69, 9.17) is 14.2 Å². The van der Waals surface area contributed by atoms with Gasteiger partial charge >= 0.3 is 6.09 Å². The van der Waals surface area contributed by atoms with E-state index in [2.05, 4.69) is 10.3 Å². The summed E-state index contributed by atoms with van der Waals surface area (Å²) in [6.07, 6.45) is 0.984. The number of nitrogens with one attached hydrogen (secondary N) is 1. The average molecular weight is 407 g/mol. The van der Waals surface area contributed by atoms with Gasteiger partial charge in [0.1, 0.15) is 18.0 Å². The Hall–Kier alpha value is -2.12. The van der Waals surface area contributed by atoms with Crippen LogP contribution in [-0.2, 0) is 22.5 Å². The number of aromatic nitrogens is 1. The van der Waals surface area contributed by atoms with Gasteiger partial charge in [-0.1, -0.05) is 12.1 Å². The largest absolute Gasteiger partial charge is 0.487 e. The van der Waals surface area contributed by atoms with Crippen LogP contribution in [-0.4, -0.2) is 36.4 Å². The lowest BCUT2D eigenvalue weighted by molar-refractivity contribution is 0.0493. The van der Waals surface area contributed by atoms with Gasteiger partial charge < -0.3 is 19.5 Å². The minimum atomic E-state index is -0.523. The molecule has 0 aliphatic heterocycles. The van der Waals surface area contributed by atoms with Crippen LogP contribution in [0.3, 0.4) is 0 Å². The number of alkyl carbamates (subject to hydrolysis) is 1. The van der Waals surface area contributed by atoms with Gasteiger partial charge in [-0.05, 0) is 58.2 Å². The molecule has 0 aliphatic carbocycles. The Morgan fingerprint density at radius 1 is 1.25 bits per heavy atom. The molecule has 2 rings (SSSR count). The van der Waals surface area contributed by atoms with E-state index < -0.39 is 11.7 Å². The molecule has 0 aliphatic rings. The minimum Gasteiger partial charge on any atom is -0.487 e. The number of thiazole rings is 1. The van der Waals surface area contributed by atoms with Crippen molar-refractivity contribution in [2.24, 2.45) is 0 Å². The van der Waals surface area contributed by atoms with Crippen LogP contribution in [0.5, 0.6) is 5.75 Å². The zero-order valence-corrected chi connectivity index (χ0v) is 18.1. The zero-order chi connectivity index (χ0) is 20.6. The Kier molecular flexibility index (Phi) is 8.26. The molecule has 0 radical (unpaired) electrons. The Balaban J connectivity index is 1.90. The van der Waals surface area contributed by atoms with Crippen molar-refractivity contribution in [1.29, 1.82) is 0 Å². The summed E-state index contributed by atoms with van der Waals surface area (Å²) in [6, 6.07) is 7.83. The van der Waals surface area contributed by atoms with E-state index in [-0.39, 0.29) is 6.04 Å². The molecule has 6 nitrogen and oxygen atoms in total. The fourth-order valence-electron chi connectivity index (χ4n) is 2.60. The first-order valence-electron chi connectivity index (χ1n) is 9.36. The topological polar surface area (TPSA) is 69.7 Å². The monoisotopic (exact) mass is 406 g/mol. The smallest absolute Gasteiger partial charge is 0.407 e. The number of amides is 1. The molecule has 1 atom stereocenters. The first kappa shape index (κ1) is 22.2. The van der Waals surface area contributed by atoms with Gasteiger partial charge in [0, 0.05) is 25.1 Å². The Labute approximate surface area is 171 Å². The number of aryl methyl sites for hydroxylation is 1. The maximum atomic E-state index is 12.1. The third-order valence-corrected chi connectivity index (χ3v) is 4.67. The van der Waals surface area contributed by atoms with Gasteiger partial charge in [0.05, 0.1) is 10.7 Å². The zero-order valence-electron chi connectivity index (χ0n) is 17.3. The average Bonchev–Trinajstić information content (AvgIpc) is 3.03. The van der Waals surface area contributed by atoms with Crippen LogP contribution in [0.4, 0.5) is 4.79 Å². The van der Waals surface area contributed by atoms with Crippen LogP contribution in [0, 0.1) is 6.92 Å². The van der Waals surface area contributed by atoms with E-state index in [1.165, 1.54) is 0 Å². The second-order valence-electron chi connectivity index (χ2n) is 7.62. The lowest BCUT2D eigenvalue weighted by Gasteiger charge is -2.23. The molecular weight excluding hydrogens is 376 g/mol. The van der Waals surface area contributed by atoms with Crippen LogP contribution in [0.15, 0.2) is 29.6 Å². The Morgan fingerprint density at radius 3 is 2.54 bits per heavy atom. The quantitative estimate of drug-likeness (QED) is 0.664. The van der Waals surface area contributed by atoms with E-state index in [0.717, 1.165) is 22.0 Å². The number of benzene rings is 1. The maximum Gasteiger partial charge on any atom is 0.407 e. The van der Waals surface area contributed by atoms with Gasteiger partial charge in [-0.3, -0.25) is 0 Å². The van der Waals surface area contributed by atoms with E-state index in [1.54, 1.807) is 18.4 Å². The summed E-state index contributed by atoms with van der Waals surface area (Å²) in [5, 5.41) is 5.98. The molecule has 0 unspecified atom stereocenters. The molecule has 0 bridgehead atoms. The van der Waals surface area contributed by atoms with Crippen LogP contribution in [0.2, 0.25) is 0 Å². The number of hydrogen-bond donors (Lipinski definition) is 1. The first-order chi connectivity index (χ1) is 13.2. The van der Waals surface area contributed by atoms with Crippen molar-refractivity contribution in [3.63, 3.8) is 0 Å². The summed E-state index contributed by atoms with van der Waals surface area (Å²) in [5.74, 6) is 0.794. The Morgan fingerprint density at radius 2 is 1.96 bits per heavy atom. The van der Waals surface area contributed by atoms with Crippen LogP contribution in [0.1, 0.15) is 43.5 Å². The van der Waals surface area contributed by atoms with Gasteiger partial charge in [-0.2, -0.15) is 0 Å². The predicted molar refractivity (Wildman–Crippen MR) is 111 cm³/mol. The molecule has 2 aromatic rings. The fourth-order valence-corrected chi connectivity index (χ4v) is 3.19. The predicted octanol–water partition coefficient (Wildman–Crippen LogP) is 4.50.